The van der Waals surface area contributed by atoms with E-state index < -0.39 is 0 Å². The van der Waals surface area contributed by atoms with Crippen LogP contribution in [-0.2, 0) is 17.7 Å². The van der Waals surface area contributed by atoms with Gasteiger partial charge in [0.05, 0.1) is 18.4 Å². The topological polar surface area (TPSA) is 38.2 Å². The number of hydrogen-bond acceptors (Lipinski definition) is 5. The molecule has 1 atom stereocenters. The van der Waals surface area contributed by atoms with E-state index in [0.29, 0.717) is 6.10 Å². The Morgan fingerprint density at radius 3 is 3.00 bits per heavy atom. The van der Waals surface area contributed by atoms with Crippen LogP contribution in [0.5, 0.6) is 0 Å². The Hall–Kier alpha value is -1.30. The van der Waals surface area contributed by atoms with Crippen molar-refractivity contribution in [3.63, 3.8) is 0 Å². The second kappa shape index (κ2) is 6.92. The zero-order chi connectivity index (χ0) is 13.6. The monoisotopic (exact) mass is 289 g/mol. The lowest BCUT2D eigenvalue weighted by Gasteiger charge is -2.32. The summed E-state index contributed by atoms with van der Waals surface area (Å²) in [5, 5.41) is 6.14. The molecule has 0 saturated carbocycles. The van der Waals surface area contributed by atoms with Crippen LogP contribution in [0.2, 0.25) is 0 Å². The average Bonchev–Trinajstić information content (AvgIpc) is 3.00. The third-order valence-corrected chi connectivity index (χ3v) is 4.16. The fourth-order valence-electron chi connectivity index (χ4n) is 2.55. The minimum atomic E-state index is 0.329. The largest absolute Gasteiger partial charge is 0.376 e. The molecule has 2 heterocycles. The summed E-state index contributed by atoms with van der Waals surface area (Å²) in [7, 11) is 0. The molecule has 4 nitrogen and oxygen atoms in total. The van der Waals surface area contributed by atoms with Gasteiger partial charge in [-0.3, -0.25) is 4.90 Å². The lowest BCUT2D eigenvalue weighted by molar-refractivity contribution is -0.0349. The molecule has 0 amide bonds. The van der Waals surface area contributed by atoms with E-state index in [1.165, 1.54) is 17.1 Å². The first-order valence-electron chi connectivity index (χ1n) is 7.04. The first-order chi connectivity index (χ1) is 9.90. The molecular formula is C15H19N3OS. The van der Waals surface area contributed by atoms with E-state index in [2.05, 4.69) is 44.8 Å². The fourth-order valence-corrected chi connectivity index (χ4v) is 3.00. The van der Waals surface area contributed by atoms with Gasteiger partial charge in [0.25, 0.3) is 0 Å². The molecule has 0 aliphatic carbocycles. The van der Waals surface area contributed by atoms with Gasteiger partial charge >= 0.3 is 0 Å². The Kier molecular flexibility index (Phi) is 4.73. The van der Waals surface area contributed by atoms with Crippen LogP contribution in [0.25, 0.3) is 0 Å². The van der Waals surface area contributed by atoms with E-state index >= 15 is 0 Å². The minimum Gasteiger partial charge on any atom is -0.376 e. The third-order valence-electron chi connectivity index (χ3n) is 3.61. The molecule has 0 N–H and O–H groups in total. The Morgan fingerprint density at radius 1 is 1.30 bits per heavy atom. The van der Waals surface area contributed by atoms with Gasteiger partial charge in [-0.05, 0) is 29.9 Å². The van der Waals surface area contributed by atoms with Crippen LogP contribution in [-0.4, -0.2) is 40.3 Å². The first kappa shape index (κ1) is 13.7. The molecule has 1 aliphatic heterocycles. The second-order valence-electron chi connectivity index (χ2n) is 5.15. The van der Waals surface area contributed by atoms with Gasteiger partial charge in [-0.15, -0.1) is 5.10 Å². The molecule has 0 spiro atoms. The predicted octanol–water partition coefficient (Wildman–Crippen LogP) is 2.37. The molecule has 3 rings (SSSR count). The standard InChI is InChI=1S/C15H19N3OS/c1-2-4-13(5-3-1)6-7-15-11-18(8-9-19-15)10-14-12-20-17-16-14/h1-5,12,15H,6-11H2. The van der Waals surface area contributed by atoms with Crippen molar-refractivity contribution in [3.05, 3.63) is 47.0 Å². The highest BCUT2D eigenvalue weighted by Gasteiger charge is 2.20. The van der Waals surface area contributed by atoms with E-state index in [4.69, 9.17) is 4.74 Å². The van der Waals surface area contributed by atoms with Crippen LogP contribution >= 0.6 is 11.5 Å². The molecular weight excluding hydrogens is 270 g/mol. The number of ether oxygens (including phenoxy) is 1. The van der Waals surface area contributed by atoms with Crippen molar-refractivity contribution < 1.29 is 4.74 Å². The summed E-state index contributed by atoms with van der Waals surface area (Å²) < 4.78 is 9.79. The van der Waals surface area contributed by atoms with Gasteiger partial charge in [0.2, 0.25) is 0 Å². The summed E-state index contributed by atoms with van der Waals surface area (Å²) in [5.41, 5.74) is 2.45. The predicted molar refractivity (Wildman–Crippen MR) is 79.7 cm³/mol. The van der Waals surface area contributed by atoms with E-state index in [1.54, 1.807) is 0 Å². The molecule has 1 aliphatic rings. The summed E-state index contributed by atoms with van der Waals surface area (Å²) >= 11 is 1.42. The summed E-state index contributed by atoms with van der Waals surface area (Å²) in [6.07, 6.45) is 2.49. The number of nitrogens with zero attached hydrogens (tertiary/aromatic N) is 3. The third kappa shape index (κ3) is 3.85. The lowest BCUT2D eigenvalue weighted by Crippen LogP contribution is -2.42. The van der Waals surface area contributed by atoms with E-state index in [1.807, 2.05) is 5.38 Å². The molecule has 2 aromatic rings. The number of aromatic nitrogens is 2. The van der Waals surface area contributed by atoms with Crippen LogP contribution in [0.15, 0.2) is 35.7 Å². The quantitative estimate of drug-likeness (QED) is 0.847. The molecule has 1 fully saturated rings. The number of aryl methyl sites for hydroxylation is 1. The van der Waals surface area contributed by atoms with Crippen LogP contribution in [0.3, 0.4) is 0 Å². The Bertz CT molecular complexity index is 503. The fraction of sp³-hybridized carbons (Fsp3) is 0.467. The van der Waals surface area contributed by atoms with Crippen LogP contribution in [0.1, 0.15) is 17.7 Å². The van der Waals surface area contributed by atoms with Crippen LogP contribution in [0, 0.1) is 0 Å². The van der Waals surface area contributed by atoms with Crippen molar-refractivity contribution in [2.45, 2.75) is 25.5 Å². The van der Waals surface area contributed by atoms with Crippen molar-refractivity contribution in [1.82, 2.24) is 14.5 Å². The number of rotatable bonds is 5. The molecule has 0 radical (unpaired) electrons. The smallest absolute Gasteiger partial charge is 0.0895 e. The van der Waals surface area contributed by atoms with E-state index in [9.17, 15) is 0 Å². The van der Waals surface area contributed by atoms with Gasteiger partial charge in [0.15, 0.2) is 0 Å². The van der Waals surface area contributed by atoms with Gasteiger partial charge in [-0.2, -0.15) is 0 Å². The van der Waals surface area contributed by atoms with Crippen LogP contribution < -0.4 is 0 Å². The SMILES string of the molecule is c1ccc(CCC2CN(Cc3csnn3)CCO2)cc1. The summed E-state index contributed by atoms with van der Waals surface area (Å²) in [6, 6.07) is 10.6. The zero-order valence-electron chi connectivity index (χ0n) is 11.4. The van der Waals surface area contributed by atoms with Crippen molar-refractivity contribution in [1.29, 1.82) is 0 Å². The summed E-state index contributed by atoms with van der Waals surface area (Å²) in [4.78, 5) is 2.41. The van der Waals surface area contributed by atoms with E-state index in [-0.39, 0.29) is 0 Å². The van der Waals surface area contributed by atoms with Crippen molar-refractivity contribution in [2.75, 3.05) is 19.7 Å². The highest BCUT2D eigenvalue weighted by atomic mass is 32.1. The molecule has 0 bridgehead atoms. The Morgan fingerprint density at radius 2 is 2.20 bits per heavy atom. The number of morpholine rings is 1. The van der Waals surface area contributed by atoms with Gasteiger partial charge in [-0.1, -0.05) is 34.8 Å². The van der Waals surface area contributed by atoms with Crippen molar-refractivity contribution >= 4 is 11.5 Å². The molecule has 106 valence electrons. The molecule has 1 aromatic heterocycles. The highest BCUT2D eigenvalue weighted by Crippen LogP contribution is 2.14. The Labute approximate surface area is 123 Å². The van der Waals surface area contributed by atoms with E-state index in [0.717, 1.165) is 44.8 Å². The number of hydrogen-bond donors (Lipinski definition) is 0. The zero-order valence-corrected chi connectivity index (χ0v) is 12.3. The molecule has 1 unspecified atom stereocenters. The number of benzene rings is 1. The summed E-state index contributed by atoms with van der Waals surface area (Å²) in [6.45, 7) is 3.68. The molecule has 1 saturated heterocycles. The molecule has 1 aromatic carbocycles. The molecule has 5 heteroatoms. The Balaban J connectivity index is 1.48. The summed E-state index contributed by atoms with van der Waals surface area (Å²) in [5.74, 6) is 0. The maximum atomic E-state index is 5.87. The van der Waals surface area contributed by atoms with Crippen molar-refractivity contribution in [2.24, 2.45) is 0 Å². The van der Waals surface area contributed by atoms with Gasteiger partial charge < -0.3 is 4.74 Å². The lowest BCUT2D eigenvalue weighted by atomic mass is 10.1. The molecule has 20 heavy (non-hydrogen) atoms. The maximum absolute atomic E-state index is 5.87. The second-order valence-corrected chi connectivity index (χ2v) is 5.76. The first-order valence-corrected chi connectivity index (χ1v) is 7.87. The minimum absolute atomic E-state index is 0.329. The maximum Gasteiger partial charge on any atom is 0.0895 e. The van der Waals surface area contributed by atoms with Gasteiger partial charge in [0.1, 0.15) is 0 Å². The average molecular weight is 289 g/mol. The highest BCUT2D eigenvalue weighted by molar-refractivity contribution is 7.03. The van der Waals surface area contributed by atoms with Gasteiger partial charge in [-0.25, -0.2) is 0 Å². The van der Waals surface area contributed by atoms with Crippen LogP contribution in [0.4, 0.5) is 0 Å². The van der Waals surface area contributed by atoms with Crippen molar-refractivity contribution in [3.8, 4) is 0 Å². The normalized spacial score (nSPS) is 20.1. The van der Waals surface area contributed by atoms with Gasteiger partial charge in [0, 0.05) is 25.0 Å².